The highest BCUT2D eigenvalue weighted by molar-refractivity contribution is 6.31. The van der Waals surface area contributed by atoms with Gasteiger partial charge in [0.25, 0.3) is 0 Å². The summed E-state index contributed by atoms with van der Waals surface area (Å²) < 4.78 is 10.3. The van der Waals surface area contributed by atoms with Crippen LogP contribution in [0.3, 0.4) is 0 Å². The molecule has 0 atom stereocenters. The van der Waals surface area contributed by atoms with Crippen molar-refractivity contribution in [2.75, 3.05) is 13.2 Å². The smallest absolute Gasteiger partial charge is 0.398 e. The van der Waals surface area contributed by atoms with Gasteiger partial charge in [0.2, 0.25) is 0 Å². The van der Waals surface area contributed by atoms with Gasteiger partial charge in [-0.25, -0.2) is 9.59 Å². The van der Waals surface area contributed by atoms with Crippen LogP contribution in [0.25, 0.3) is 0 Å². The maximum Gasteiger partial charge on any atom is 0.421 e. The lowest BCUT2D eigenvalue weighted by molar-refractivity contribution is -0.373. The lowest BCUT2D eigenvalue weighted by Crippen LogP contribution is -2.53. The average Bonchev–Trinajstić information content (AvgIpc) is 3.06. The third-order valence-electron chi connectivity index (χ3n) is 5.26. The van der Waals surface area contributed by atoms with Gasteiger partial charge in [-0.1, -0.05) is 54.6 Å². The van der Waals surface area contributed by atoms with E-state index < -0.39 is 17.8 Å². The number of hydrogen-bond donors (Lipinski definition) is 0. The van der Waals surface area contributed by atoms with Gasteiger partial charge in [-0.05, 0) is 31.2 Å². The van der Waals surface area contributed by atoms with E-state index in [0.29, 0.717) is 30.7 Å². The molecule has 0 radical (unpaired) electrons. The van der Waals surface area contributed by atoms with Gasteiger partial charge in [0.15, 0.2) is 5.78 Å². The second-order valence-electron chi connectivity index (χ2n) is 7.38. The standard InChI is InChI=1S/C23H23NO6/c25-20(18-8-2-1-3-9-18)19-12-10-17(11-13-19)7-6-16-28-24-15-5-4-14-23(24)29-21(26)22(27)30-23/h1-3,8-13H,4-7,14-16H2. The molecule has 2 aromatic carbocycles. The van der Waals surface area contributed by atoms with Gasteiger partial charge in [-0.3, -0.25) is 9.63 Å². The molecule has 0 aliphatic carbocycles. The van der Waals surface area contributed by atoms with Crippen LogP contribution in [0, 0.1) is 0 Å². The Bertz CT molecular complexity index is 908. The van der Waals surface area contributed by atoms with E-state index in [-0.39, 0.29) is 5.78 Å². The Balaban J connectivity index is 1.28. The molecule has 2 heterocycles. The molecule has 0 amide bonds. The molecular formula is C23H23NO6. The summed E-state index contributed by atoms with van der Waals surface area (Å²) in [4.78, 5) is 41.2. The predicted octanol–water partition coefficient (Wildman–Crippen LogP) is 3.02. The Morgan fingerprint density at radius 1 is 0.933 bits per heavy atom. The third kappa shape index (κ3) is 4.27. The first kappa shape index (κ1) is 20.3. The average molecular weight is 409 g/mol. The summed E-state index contributed by atoms with van der Waals surface area (Å²) in [5.41, 5.74) is 2.42. The highest BCUT2D eigenvalue weighted by atomic mass is 16.9. The van der Waals surface area contributed by atoms with Crippen LogP contribution in [-0.2, 0) is 30.3 Å². The first-order valence-corrected chi connectivity index (χ1v) is 10.1. The highest BCUT2D eigenvalue weighted by Gasteiger charge is 2.55. The number of ketones is 1. The number of hydrogen-bond acceptors (Lipinski definition) is 7. The number of nitrogens with zero attached hydrogens (tertiary/aromatic N) is 1. The second-order valence-corrected chi connectivity index (χ2v) is 7.38. The van der Waals surface area contributed by atoms with Crippen LogP contribution in [-0.4, -0.2) is 41.8 Å². The monoisotopic (exact) mass is 409 g/mol. The molecule has 0 N–H and O–H groups in total. The fourth-order valence-corrected chi connectivity index (χ4v) is 3.69. The number of aryl methyl sites for hydroxylation is 1. The summed E-state index contributed by atoms with van der Waals surface area (Å²) in [6.07, 6.45) is 3.55. The van der Waals surface area contributed by atoms with Crippen LogP contribution >= 0.6 is 0 Å². The van der Waals surface area contributed by atoms with Crippen molar-refractivity contribution < 1.29 is 28.7 Å². The number of piperidine rings is 1. The molecule has 1 spiro atoms. The van der Waals surface area contributed by atoms with E-state index in [0.717, 1.165) is 31.2 Å². The van der Waals surface area contributed by atoms with Gasteiger partial charge in [0.1, 0.15) is 0 Å². The summed E-state index contributed by atoms with van der Waals surface area (Å²) in [6.45, 7) is 0.915. The lowest BCUT2D eigenvalue weighted by Gasteiger charge is -2.38. The van der Waals surface area contributed by atoms with E-state index in [1.807, 2.05) is 42.5 Å². The largest absolute Gasteiger partial charge is 0.421 e. The molecule has 2 aliphatic rings. The van der Waals surface area contributed by atoms with Crippen molar-refractivity contribution in [1.29, 1.82) is 0 Å². The predicted molar refractivity (Wildman–Crippen MR) is 106 cm³/mol. The molecular weight excluding hydrogens is 386 g/mol. The molecule has 2 aliphatic heterocycles. The fourth-order valence-electron chi connectivity index (χ4n) is 3.69. The molecule has 2 fully saturated rings. The van der Waals surface area contributed by atoms with Crippen molar-refractivity contribution in [1.82, 2.24) is 5.06 Å². The Morgan fingerprint density at radius 3 is 2.30 bits per heavy atom. The molecule has 7 nitrogen and oxygen atoms in total. The number of rotatable bonds is 7. The highest BCUT2D eigenvalue weighted by Crippen LogP contribution is 2.35. The van der Waals surface area contributed by atoms with Crippen molar-refractivity contribution in [2.24, 2.45) is 0 Å². The van der Waals surface area contributed by atoms with E-state index in [1.165, 1.54) is 5.06 Å². The van der Waals surface area contributed by atoms with Gasteiger partial charge >= 0.3 is 17.8 Å². The fraction of sp³-hybridized carbons (Fsp3) is 0.348. The molecule has 0 unspecified atom stereocenters. The molecule has 30 heavy (non-hydrogen) atoms. The summed E-state index contributed by atoms with van der Waals surface area (Å²) in [6, 6.07) is 16.8. The first-order valence-electron chi connectivity index (χ1n) is 10.1. The van der Waals surface area contributed by atoms with Gasteiger partial charge in [-0.15, -0.1) is 5.06 Å². The topological polar surface area (TPSA) is 82.1 Å². The minimum atomic E-state index is -1.41. The van der Waals surface area contributed by atoms with Crippen molar-refractivity contribution >= 4 is 17.7 Å². The second kappa shape index (κ2) is 8.77. The zero-order valence-corrected chi connectivity index (χ0v) is 16.5. The van der Waals surface area contributed by atoms with Crippen LogP contribution < -0.4 is 0 Å². The van der Waals surface area contributed by atoms with Crippen molar-refractivity contribution in [3.05, 3.63) is 71.3 Å². The van der Waals surface area contributed by atoms with E-state index >= 15 is 0 Å². The van der Waals surface area contributed by atoms with Gasteiger partial charge < -0.3 is 9.47 Å². The Labute approximate surface area is 174 Å². The minimum absolute atomic E-state index is 0.00142. The normalized spacial score (nSPS) is 18.3. The Kier molecular flexibility index (Phi) is 5.92. The number of esters is 2. The quantitative estimate of drug-likeness (QED) is 0.301. The van der Waals surface area contributed by atoms with Crippen molar-refractivity contribution in [3.8, 4) is 0 Å². The lowest BCUT2D eigenvalue weighted by atomic mass is 10.0. The number of ether oxygens (including phenoxy) is 2. The molecule has 0 aromatic heterocycles. The number of carbonyl (C=O) groups excluding carboxylic acids is 3. The van der Waals surface area contributed by atoms with E-state index in [4.69, 9.17) is 14.3 Å². The Morgan fingerprint density at radius 2 is 1.60 bits per heavy atom. The number of carbonyl (C=O) groups is 3. The van der Waals surface area contributed by atoms with Gasteiger partial charge in [-0.2, -0.15) is 0 Å². The van der Waals surface area contributed by atoms with E-state index in [1.54, 1.807) is 12.1 Å². The summed E-state index contributed by atoms with van der Waals surface area (Å²) in [7, 11) is 0. The maximum atomic E-state index is 12.5. The maximum absolute atomic E-state index is 12.5. The summed E-state index contributed by atoms with van der Waals surface area (Å²) in [5.74, 6) is -3.36. The third-order valence-corrected chi connectivity index (χ3v) is 5.26. The molecule has 2 saturated heterocycles. The number of benzene rings is 2. The Hall–Kier alpha value is -3.03. The van der Waals surface area contributed by atoms with E-state index in [9.17, 15) is 14.4 Å². The van der Waals surface area contributed by atoms with Gasteiger partial charge in [0.05, 0.1) is 6.61 Å². The zero-order valence-electron chi connectivity index (χ0n) is 16.5. The molecule has 0 bridgehead atoms. The molecule has 2 aromatic rings. The zero-order chi connectivity index (χ0) is 21.0. The van der Waals surface area contributed by atoms with Crippen LogP contribution in [0.2, 0.25) is 0 Å². The first-order chi connectivity index (χ1) is 14.6. The molecule has 7 heteroatoms. The summed E-state index contributed by atoms with van der Waals surface area (Å²) >= 11 is 0. The van der Waals surface area contributed by atoms with E-state index in [2.05, 4.69) is 0 Å². The van der Waals surface area contributed by atoms with Crippen LogP contribution in [0.1, 0.15) is 47.2 Å². The molecule has 0 saturated carbocycles. The van der Waals surface area contributed by atoms with Crippen LogP contribution in [0.15, 0.2) is 54.6 Å². The van der Waals surface area contributed by atoms with Crippen LogP contribution in [0.4, 0.5) is 0 Å². The van der Waals surface area contributed by atoms with Crippen molar-refractivity contribution in [2.45, 2.75) is 38.0 Å². The molecule has 156 valence electrons. The van der Waals surface area contributed by atoms with Gasteiger partial charge in [0, 0.05) is 24.1 Å². The van der Waals surface area contributed by atoms with Crippen LogP contribution in [0.5, 0.6) is 0 Å². The number of hydroxylamine groups is 2. The SMILES string of the molecule is O=C1OC2(CCCCN2OCCCc2ccc(C(=O)c3ccccc3)cc2)OC1=O. The van der Waals surface area contributed by atoms with Crippen molar-refractivity contribution in [3.63, 3.8) is 0 Å². The summed E-state index contributed by atoms with van der Waals surface area (Å²) in [5, 5.41) is 1.47. The minimum Gasteiger partial charge on any atom is -0.398 e. The molecule has 4 rings (SSSR count).